The average molecular weight is 173 g/mol. The molecule has 0 amide bonds. The lowest BCUT2D eigenvalue weighted by molar-refractivity contribution is 1.26. The van der Waals surface area contributed by atoms with Gasteiger partial charge in [0.05, 0.1) is 0 Å². The van der Waals surface area contributed by atoms with Gasteiger partial charge in [-0.3, -0.25) is 0 Å². The van der Waals surface area contributed by atoms with Gasteiger partial charge < -0.3 is 5.73 Å². The summed E-state index contributed by atoms with van der Waals surface area (Å²) in [5.74, 6) is 0. The molecule has 0 radical (unpaired) electrons. The Morgan fingerprint density at radius 3 is 2.77 bits per heavy atom. The summed E-state index contributed by atoms with van der Waals surface area (Å²) < 4.78 is 0. The molecule has 0 spiro atoms. The maximum Gasteiger partial charge on any atom is 0.0313 e. The number of hydrogen-bond donors (Lipinski definition) is 1. The van der Waals surface area contributed by atoms with Gasteiger partial charge in [0, 0.05) is 5.70 Å². The van der Waals surface area contributed by atoms with Gasteiger partial charge in [0.1, 0.15) is 0 Å². The zero-order chi connectivity index (χ0) is 9.52. The fourth-order valence-corrected chi connectivity index (χ4v) is 1.07. The number of allylic oxidation sites excluding steroid dienone is 9. The van der Waals surface area contributed by atoms with E-state index in [1.807, 2.05) is 37.3 Å². The lowest BCUT2D eigenvalue weighted by atomic mass is 10.1. The Morgan fingerprint density at radius 1 is 1.23 bits per heavy atom. The van der Waals surface area contributed by atoms with E-state index in [9.17, 15) is 0 Å². The summed E-state index contributed by atoms with van der Waals surface area (Å²) in [6.45, 7) is 2.05. The molecule has 1 aliphatic carbocycles. The highest BCUT2D eigenvalue weighted by atomic mass is 14.5. The third-order valence-corrected chi connectivity index (χ3v) is 1.86. The van der Waals surface area contributed by atoms with E-state index >= 15 is 0 Å². The second-order valence-electron chi connectivity index (χ2n) is 2.88. The maximum atomic E-state index is 5.67. The zero-order valence-corrected chi connectivity index (χ0v) is 7.90. The Balaban J connectivity index is 2.82. The van der Waals surface area contributed by atoms with Gasteiger partial charge >= 0.3 is 0 Å². The molecule has 2 N–H and O–H groups in total. The van der Waals surface area contributed by atoms with Crippen LogP contribution in [0.25, 0.3) is 0 Å². The molecule has 0 aromatic heterocycles. The molecule has 0 aliphatic heterocycles. The van der Waals surface area contributed by atoms with E-state index in [-0.39, 0.29) is 0 Å². The van der Waals surface area contributed by atoms with Crippen LogP contribution < -0.4 is 5.73 Å². The molecule has 1 aliphatic rings. The molecule has 0 aromatic carbocycles. The first-order valence-electron chi connectivity index (χ1n) is 4.45. The minimum Gasteiger partial charge on any atom is -0.399 e. The van der Waals surface area contributed by atoms with Gasteiger partial charge in [0.15, 0.2) is 0 Å². The highest BCUT2D eigenvalue weighted by Crippen LogP contribution is 2.06. The van der Waals surface area contributed by atoms with E-state index in [1.54, 1.807) is 0 Å². The van der Waals surface area contributed by atoms with Crippen LogP contribution >= 0.6 is 0 Å². The van der Waals surface area contributed by atoms with E-state index in [1.165, 1.54) is 5.57 Å². The van der Waals surface area contributed by atoms with E-state index in [2.05, 4.69) is 18.2 Å². The van der Waals surface area contributed by atoms with Crippen molar-refractivity contribution in [2.24, 2.45) is 5.73 Å². The van der Waals surface area contributed by atoms with Gasteiger partial charge in [-0.05, 0) is 31.1 Å². The largest absolute Gasteiger partial charge is 0.399 e. The highest BCUT2D eigenvalue weighted by molar-refractivity contribution is 5.30. The molecule has 0 fully saturated rings. The second kappa shape index (κ2) is 5.20. The Labute approximate surface area is 79.6 Å². The number of rotatable bonds is 0. The Bertz CT molecular complexity index is 301. The van der Waals surface area contributed by atoms with Crippen LogP contribution in [0.2, 0.25) is 0 Å². The van der Waals surface area contributed by atoms with Crippen molar-refractivity contribution in [3.63, 3.8) is 0 Å². The van der Waals surface area contributed by atoms with Gasteiger partial charge in [0.25, 0.3) is 0 Å². The lowest BCUT2D eigenvalue weighted by Crippen LogP contribution is -1.91. The molecule has 0 saturated carbocycles. The second-order valence-corrected chi connectivity index (χ2v) is 2.88. The van der Waals surface area contributed by atoms with E-state index in [0.29, 0.717) is 0 Å². The van der Waals surface area contributed by atoms with Crippen LogP contribution in [0.4, 0.5) is 0 Å². The smallest absolute Gasteiger partial charge is 0.0313 e. The summed E-state index contributed by atoms with van der Waals surface area (Å²) >= 11 is 0. The zero-order valence-electron chi connectivity index (χ0n) is 7.90. The average Bonchev–Trinajstić information content (AvgIpc) is 2.16. The van der Waals surface area contributed by atoms with Crippen molar-refractivity contribution >= 4 is 0 Å². The van der Waals surface area contributed by atoms with Crippen molar-refractivity contribution in [1.29, 1.82) is 0 Å². The van der Waals surface area contributed by atoms with Crippen molar-refractivity contribution in [1.82, 2.24) is 0 Å². The molecule has 0 saturated heterocycles. The van der Waals surface area contributed by atoms with E-state index in [0.717, 1.165) is 12.1 Å². The van der Waals surface area contributed by atoms with Crippen LogP contribution in [0.5, 0.6) is 0 Å². The van der Waals surface area contributed by atoms with Crippen LogP contribution in [-0.4, -0.2) is 0 Å². The molecule has 1 rings (SSSR count). The fraction of sp³-hybridized carbons (Fsp3) is 0.167. The van der Waals surface area contributed by atoms with Gasteiger partial charge in [-0.15, -0.1) is 0 Å². The first-order chi connectivity index (χ1) is 6.33. The van der Waals surface area contributed by atoms with Crippen LogP contribution in [0, 0.1) is 0 Å². The quantitative estimate of drug-likeness (QED) is 0.599. The molecule has 13 heavy (non-hydrogen) atoms. The molecule has 0 bridgehead atoms. The van der Waals surface area contributed by atoms with Crippen molar-refractivity contribution < 1.29 is 0 Å². The van der Waals surface area contributed by atoms with Gasteiger partial charge in [-0.2, -0.15) is 0 Å². The lowest BCUT2D eigenvalue weighted by Gasteiger charge is -1.96. The van der Waals surface area contributed by atoms with E-state index in [4.69, 9.17) is 5.73 Å². The summed E-state index contributed by atoms with van der Waals surface area (Å²) in [5, 5.41) is 0. The van der Waals surface area contributed by atoms with Gasteiger partial charge in [0.2, 0.25) is 0 Å². The third-order valence-electron chi connectivity index (χ3n) is 1.86. The summed E-state index contributed by atoms with van der Waals surface area (Å²) in [7, 11) is 0. The predicted octanol–water partition coefficient (Wildman–Crippen LogP) is 2.85. The molecular formula is C12H15N. The summed E-state index contributed by atoms with van der Waals surface area (Å²) in [6.07, 6.45) is 17.0. The topological polar surface area (TPSA) is 26.0 Å². The first-order valence-corrected chi connectivity index (χ1v) is 4.45. The third kappa shape index (κ3) is 3.61. The van der Waals surface area contributed by atoms with Crippen molar-refractivity contribution in [3.8, 4) is 0 Å². The Kier molecular flexibility index (Phi) is 3.83. The molecule has 0 aromatic rings. The fourth-order valence-electron chi connectivity index (χ4n) is 1.07. The summed E-state index contributed by atoms with van der Waals surface area (Å²) in [4.78, 5) is 0. The molecule has 68 valence electrons. The van der Waals surface area contributed by atoms with Crippen LogP contribution in [0.15, 0.2) is 59.9 Å². The summed E-state index contributed by atoms with van der Waals surface area (Å²) in [6, 6.07) is 0. The molecule has 0 unspecified atom stereocenters. The highest BCUT2D eigenvalue weighted by Gasteiger charge is 1.87. The van der Waals surface area contributed by atoms with E-state index < -0.39 is 0 Å². The number of hydrogen-bond acceptors (Lipinski definition) is 1. The SMILES string of the molecule is C/C=C1/C=C\C=C\C(N)=C/C=C\C1. The van der Waals surface area contributed by atoms with Crippen LogP contribution in [0.3, 0.4) is 0 Å². The Hall–Kier alpha value is -1.50. The van der Waals surface area contributed by atoms with Gasteiger partial charge in [-0.25, -0.2) is 0 Å². The Morgan fingerprint density at radius 2 is 2.00 bits per heavy atom. The maximum absolute atomic E-state index is 5.67. The van der Waals surface area contributed by atoms with Crippen molar-refractivity contribution in [2.75, 3.05) is 0 Å². The molecule has 0 atom stereocenters. The molecule has 1 heteroatoms. The van der Waals surface area contributed by atoms with Crippen molar-refractivity contribution in [2.45, 2.75) is 13.3 Å². The monoisotopic (exact) mass is 173 g/mol. The molecule has 0 heterocycles. The number of nitrogens with two attached hydrogens (primary N) is 1. The van der Waals surface area contributed by atoms with Crippen LogP contribution in [0.1, 0.15) is 13.3 Å². The van der Waals surface area contributed by atoms with Gasteiger partial charge in [-0.1, -0.05) is 36.5 Å². The molecule has 1 nitrogen and oxygen atoms in total. The normalized spacial score (nSPS) is 31.8. The minimum absolute atomic E-state index is 0.782. The van der Waals surface area contributed by atoms with Crippen molar-refractivity contribution in [3.05, 3.63) is 59.9 Å². The summed E-state index contributed by atoms with van der Waals surface area (Å²) in [5.41, 5.74) is 7.76. The first kappa shape index (κ1) is 9.59. The van der Waals surface area contributed by atoms with Crippen LogP contribution in [-0.2, 0) is 0 Å². The molecular weight excluding hydrogens is 158 g/mol. The minimum atomic E-state index is 0.782. The standard InChI is InChI=1S/C12H15N/c1-2-11-7-3-5-9-12(13)10-6-4-8-11/h2-7,9-10H,8,13H2,1H3/b6-4-,7-3-,9-5+,11-2-,12-10+. The predicted molar refractivity (Wildman–Crippen MR) is 58.1 cm³/mol.